The molecule has 0 spiro atoms. The summed E-state index contributed by atoms with van der Waals surface area (Å²) in [5.74, 6) is 0.610. The molecule has 2 atom stereocenters. The first-order valence-electron chi connectivity index (χ1n) is 11.6. The standard InChI is InChI=1S/C28H25N3O3/c1-34-18-12-10-17(11-13-18)14-15-29-27(32)24-16-22-19-6-4-5-9-23(19)30-25(22)26-20-7-2-3-8-21(20)28(33)31(24)26/h2-13,24,26,30H,14-16H2,1H3,(H,29,32). The summed E-state index contributed by atoms with van der Waals surface area (Å²) in [6, 6.07) is 22.8. The van der Waals surface area contributed by atoms with Gasteiger partial charge in [0.2, 0.25) is 5.91 Å². The third-order valence-corrected chi connectivity index (χ3v) is 7.03. The van der Waals surface area contributed by atoms with Gasteiger partial charge in [0.1, 0.15) is 11.8 Å². The largest absolute Gasteiger partial charge is 0.497 e. The van der Waals surface area contributed by atoms with Gasteiger partial charge in [0.25, 0.3) is 5.91 Å². The molecule has 2 aliphatic rings. The topological polar surface area (TPSA) is 74.4 Å². The second kappa shape index (κ2) is 8.06. The molecule has 0 radical (unpaired) electrons. The number of H-pyrrole nitrogens is 1. The van der Waals surface area contributed by atoms with Crippen LogP contribution < -0.4 is 10.1 Å². The smallest absolute Gasteiger partial charge is 0.255 e. The number of carbonyl (C=O) groups excluding carboxylic acids is 2. The van der Waals surface area contributed by atoms with Gasteiger partial charge in [0.05, 0.1) is 13.2 Å². The van der Waals surface area contributed by atoms with Gasteiger partial charge in [-0.15, -0.1) is 0 Å². The number of aromatic nitrogens is 1. The normalized spacial score (nSPS) is 18.4. The number of aromatic amines is 1. The lowest BCUT2D eigenvalue weighted by molar-refractivity contribution is -0.126. The highest BCUT2D eigenvalue weighted by molar-refractivity contribution is 6.03. The second-order valence-electron chi connectivity index (χ2n) is 8.87. The number of ether oxygens (including phenoxy) is 1. The highest BCUT2D eigenvalue weighted by atomic mass is 16.5. The number of para-hydroxylation sites is 1. The van der Waals surface area contributed by atoms with Gasteiger partial charge in [-0.05, 0) is 47.4 Å². The zero-order valence-corrected chi connectivity index (χ0v) is 18.9. The van der Waals surface area contributed by atoms with Gasteiger partial charge < -0.3 is 19.9 Å². The minimum Gasteiger partial charge on any atom is -0.497 e. The number of rotatable bonds is 5. The van der Waals surface area contributed by atoms with Crippen LogP contribution in [0.4, 0.5) is 0 Å². The molecule has 0 saturated carbocycles. The Hall–Kier alpha value is -4.06. The van der Waals surface area contributed by atoms with Crippen molar-refractivity contribution in [3.63, 3.8) is 0 Å². The number of hydrogen-bond acceptors (Lipinski definition) is 3. The van der Waals surface area contributed by atoms with Gasteiger partial charge in [0.15, 0.2) is 0 Å². The van der Waals surface area contributed by atoms with Crippen LogP contribution in [0.1, 0.15) is 38.8 Å². The first kappa shape index (κ1) is 20.5. The summed E-state index contributed by atoms with van der Waals surface area (Å²) < 4.78 is 5.21. The molecule has 4 aromatic rings. The van der Waals surface area contributed by atoms with Crippen LogP contribution in [0.3, 0.4) is 0 Å². The molecule has 2 unspecified atom stereocenters. The van der Waals surface area contributed by atoms with E-state index in [0.29, 0.717) is 24.9 Å². The van der Waals surface area contributed by atoms with Crippen LogP contribution in [0.25, 0.3) is 10.9 Å². The fourth-order valence-corrected chi connectivity index (χ4v) is 5.38. The first-order chi connectivity index (χ1) is 16.7. The van der Waals surface area contributed by atoms with Crippen LogP contribution in [0, 0.1) is 0 Å². The molecular weight excluding hydrogens is 426 g/mol. The lowest BCUT2D eigenvalue weighted by Gasteiger charge is -2.37. The van der Waals surface area contributed by atoms with E-state index in [9.17, 15) is 9.59 Å². The lowest BCUT2D eigenvalue weighted by Crippen LogP contribution is -2.52. The zero-order valence-electron chi connectivity index (χ0n) is 18.9. The van der Waals surface area contributed by atoms with Crippen LogP contribution in [-0.2, 0) is 17.6 Å². The van der Waals surface area contributed by atoms with Crippen LogP contribution in [-0.4, -0.2) is 41.4 Å². The van der Waals surface area contributed by atoms with E-state index in [1.165, 1.54) is 0 Å². The van der Waals surface area contributed by atoms with E-state index in [1.807, 2.05) is 66.7 Å². The summed E-state index contributed by atoms with van der Waals surface area (Å²) in [5.41, 5.74) is 5.92. The van der Waals surface area contributed by atoms with E-state index in [4.69, 9.17) is 4.74 Å². The molecule has 2 amide bonds. The summed E-state index contributed by atoms with van der Waals surface area (Å²) in [6.45, 7) is 0.502. The highest BCUT2D eigenvalue weighted by Crippen LogP contribution is 2.46. The number of hydrogen-bond donors (Lipinski definition) is 2. The quantitative estimate of drug-likeness (QED) is 0.482. The average molecular weight is 452 g/mol. The predicted molar refractivity (Wildman–Crippen MR) is 130 cm³/mol. The van der Waals surface area contributed by atoms with Crippen molar-refractivity contribution in [1.82, 2.24) is 15.2 Å². The molecule has 2 aliphatic heterocycles. The molecule has 0 bridgehead atoms. The van der Waals surface area contributed by atoms with E-state index in [1.54, 1.807) is 12.0 Å². The molecule has 6 heteroatoms. The fourth-order valence-electron chi connectivity index (χ4n) is 5.38. The molecule has 0 fully saturated rings. The molecule has 6 rings (SSSR count). The van der Waals surface area contributed by atoms with E-state index in [-0.39, 0.29) is 17.9 Å². The third kappa shape index (κ3) is 3.17. The minimum atomic E-state index is -0.563. The Morgan fingerprint density at radius 3 is 2.65 bits per heavy atom. The Kier molecular flexibility index (Phi) is 4.87. The Morgan fingerprint density at radius 1 is 1.06 bits per heavy atom. The Balaban J connectivity index is 1.31. The molecule has 0 saturated heterocycles. The summed E-state index contributed by atoms with van der Waals surface area (Å²) in [6.07, 6.45) is 1.20. The van der Waals surface area contributed by atoms with Gasteiger partial charge >= 0.3 is 0 Å². The second-order valence-corrected chi connectivity index (χ2v) is 8.87. The van der Waals surface area contributed by atoms with E-state index in [2.05, 4.69) is 16.4 Å². The van der Waals surface area contributed by atoms with Crippen molar-refractivity contribution in [1.29, 1.82) is 0 Å². The van der Waals surface area contributed by atoms with Crippen molar-refractivity contribution in [2.45, 2.75) is 24.9 Å². The maximum Gasteiger partial charge on any atom is 0.255 e. The molecule has 2 N–H and O–H groups in total. The maximum absolute atomic E-state index is 13.5. The average Bonchev–Trinajstić information content (AvgIpc) is 3.39. The van der Waals surface area contributed by atoms with Crippen molar-refractivity contribution < 1.29 is 14.3 Å². The molecular formula is C28H25N3O3. The highest BCUT2D eigenvalue weighted by Gasteiger charge is 2.48. The Bertz CT molecular complexity index is 1410. The Morgan fingerprint density at radius 2 is 1.82 bits per heavy atom. The van der Waals surface area contributed by atoms with Crippen molar-refractivity contribution >= 4 is 22.7 Å². The monoisotopic (exact) mass is 451 g/mol. The van der Waals surface area contributed by atoms with Gasteiger partial charge in [-0.2, -0.15) is 0 Å². The fraction of sp³-hybridized carbons (Fsp3) is 0.214. The van der Waals surface area contributed by atoms with Crippen LogP contribution in [0.15, 0.2) is 72.8 Å². The van der Waals surface area contributed by atoms with Crippen molar-refractivity contribution in [2.24, 2.45) is 0 Å². The zero-order chi connectivity index (χ0) is 23.2. The third-order valence-electron chi connectivity index (χ3n) is 7.03. The molecule has 6 nitrogen and oxygen atoms in total. The van der Waals surface area contributed by atoms with Crippen molar-refractivity contribution in [3.8, 4) is 5.75 Å². The van der Waals surface area contributed by atoms with Gasteiger partial charge in [-0.25, -0.2) is 0 Å². The van der Waals surface area contributed by atoms with E-state index < -0.39 is 6.04 Å². The number of benzene rings is 3. The summed E-state index contributed by atoms with van der Waals surface area (Å²) in [7, 11) is 1.64. The molecule has 0 aliphatic carbocycles. The van der Waals surface area contributed by atoms with E-state index in [0.717, 1.165) is 39.0 Å². The molecule has 1 aromatic heterocycles. The van der Waals surface area contributed by atoms with Crippen molar-refractivity contribution in [2.75, 3.05) is 13.7 Å². The maximum atomic E-state index is 13.5. The molecule has 3 aromatic carbocycles. The van der Waals surface area contributed by atoms with Gasteiger partial charge in [-0.1, -0.05) is 48.5 Å². The number of methoxy groups -OCH3 is 1. The Labute approximate surface area is 197 Å². The van der Waals surface area contributed by atoms with E-state index >= 15 is 0 Å². The number of amides is 2. The van der Waals surface area contributed by atoms with Gasteiger partial charge in [-0.3, -0.25) is 9.59 Å². The summed E-state index contributed by atoms with van der Waals surface area (Å²) in [4.78, 5) is 32.2. The number of nitrogens with zero attached hydrogens (tertiary/aromatic N) is 1. The minimum absolute atomic E-state index is 0.0831. The molecule has 3 heterocycles. The lowest BCUT2D eigenvalue weighted by atomic mass is 9.90. The summed E-state index contributed by atoms with van der Waals surface area (Å²) in [5, 5.41) is 4.20. The van der Waals surface area contributed by atoms with Gasteiger partial charge in [0, 0.05) is 35.1 Å². The molecule has 34 heavy (non-hydrogen) atoms. The first-order valence-corrected chi connectivity index (χ1v) is 11.6. The predicted octanol–water partition coefficient (Wildman–Crippen LogP) is 4.01. The number of fused-ring (bicyclic) bond motifs is 7. The van der Waals surface area contributed by atoms with Crippen molar-refractivity contribution in [3.05, 3.63) is 101 Å². The number of carbonyl (C=O) groups is 2. The summed E-state index contributed by atoms with van der Waals surface area (Å²) >= 11 is 0. The SMILES string of the molecule is COc1ccc(CCNC(=O)C2Cc3c([nH]c4ccccc34)C3c4ccccc4C(=O)N23)cc1. The number of nitrogens with one attached hydrogen (secondary N) is 2. The molecule has 170 valence electrons. The van der Waals surface area contributed by atoms with Crippen LogP contribution in [0.5, 0.6) is 5.75 Å². The van der Waals surface area contributed by atoms with Crippen LogP contribution >= 0.6 is 0 Å². The van der Waals surface area contributed by atoms with Crippen LogP contribution in [0.2, 0.25) is 0 Å².